The first-order valence-electron chi connectivity index (χ1n) is 48.6. The van der Waals surface area contributed by atoms with Crippen LogP contribution >= 0.6 is 11.6 Å². The minimum Gasteiger partial charge on any atom is 1.00 e. The number of nitrogens with zero attached hydrogens (tertiary/aromatic N) is 2. The van der Waals surface area contributed by atoms with E-state index < -0.39 is 34.7 Å². The number of benzene rings is 8. The topological polar surface area (TPSA) is 235 Å². The number of carbonyl (C=O) groups excluding carboxylic acids is 3. The zero-order valence-electron chi connectivity index (χ0n) is 96.8. The fraction of sp³-hybridized carbons (Fsp3) is 0.368. The van der Waals surface area contributed by atoms with Crippen LogP contribution in [0, 0.1) is 39.5 Å². The number of ether oxygens (including phenoxy) is 3. The zero-order valence-corrected chi connectivity index (χ0v) is 163. The van der Waals surface area contributed by atoms with Crippen LogP contribution in [0.4, 0.5) is 17.6 Å². The van der Waals surface area contributed by atoms with Crippen molar-refractivity contribution in [2.24, 2.45) is 27.9 Å². The molecule has 141 heavy (non-hydrogen) atoms. The Labute approximate surface area is 1410 Å². The Morgan fingerprint density at radius 3 is 0.950 bits per heavy atom. The number of nitrogens with one attached hydrogen (secondary N) is 1. The molecule has 3 aliphatic heterocycles. The maximum Gasteiger partial charge on any atom is 1.00 e. The van der Waals surface area contributed by atoms with E-state index in [-0.39, 0.29) is 277 Å². The number of aliphatic hydroxyl groups excluding tert-OH is 1. The van der Waals surface area contributed by atoms with Crippen LogP contribution in [0.1, 0.15) is 137 Å². The van der Waals surface area contributed by atoms with Gasteiger partial charge in [-0.05, 0) is 154 Å². The number of aliphatic carboxylic acids is 1. The molecule has 0 saturated carbocycles. The molecule has 0 spiro atoms. The molecule has 0 bridgehead atoms. The summed E-state index contributed by atoms with van der Waals surface area (Å²) in [5, 5.41) is 21.5. The van der Waals surface area contributed by atoms with Gasteiger partial charge in [0.1, 0.15) is 23.3 Å². The number of carbonyl (C=O) groups is 4. The first-order chi connectivity index (χ1) is 65.3. The van der Waals surface area contributed by atoms with Gasteiger partial charge in [0.15, 0.2) is 16.6 Å². The predicted molar refractivity (Wildman–Crippen MR) is 581 cm³/mol. The Kier molecular flexibility index (Phi) is 149. The van der Waals surface area contributed by atoms with Gasteiger partial charge in [-0.1, -0.05) is 232 Å². The molecule has 8 aromatic rings. The number of carboxylic acid groups (broad SMARTS) is 1. The molecule has 0 aromatic heterocycles. The summed E-state index contributed by atoms with van der Waals surface area (Å²) in [5.41, 5.74) is 13.0. The maximum absolute atomic E-state index is 13.4. The molecule has 7 N–H and O–H groups in total. The maximum atomic E-state index is 13.4. The SMILES string of the molecule is CC(C)(C)[Si](C)(C)OCC(N)c1ccc(F)cc1.CC(C)(C)[Si](C)(C)OCC(NC(=O)/C=C/c1ccccc1)c1ccc(F)cc1.CC1(CCl)COC1.CC1(CN(C(=O)/C=C/c2ccccc2)C(CO)c2ccc(F)cc2)COC1.CC1(CN(C(=O)/C=C/c2ccccc2)C(CON)c2ccc(F)cc2)COC1.O=C(O)/C=C/c1ccccc1.[H-].[H-].[H-].[H-].[K+].[K+].[K+].[K][K].[K][K].[K][K].[K][K].[K][K].[K][K].[K][K].[K][K].[K][K].[Na+]. The summed E-state index contributed by atoms with van der Waals surface area (Å²) < 4.78 is 80.8. The van der Waals surface area contributed by atoms with Crippen LogP contribution in [0.3, 0.4) is 0 Å². The van der Waals surface area contributed by atoms with E-state index in [1.165, 1.54) is 629 Å². The van der Waals surface area contributed by atoms with Crippen LogP contribution in [0.15, 0.2) is 243 Å². The van der Waals surface area contributed by atoms with E-state index in [1.54, 1.807) is 88.7 Å². The summed E-state index contributed by atoms with van der Waals surface area (Å²) >= 11 is 28.1. The summed E-state index contributed by atoms with van der Waals surface area (Å²) in [5.74, 6) is 3.36. The minimum atomic E-state index is -1.98. The largest absolute Gasteiger partial charge is 1.00 e. The third-order valence-electron chi connectivity index (χ3n) is 21.0. The Morgan fingerprint density at radius 2 is 0.695 bits per heavy atom. The van der Waals surface area contributed by atoms with E-state index in [2.05, 4.69) is 93.8 Å². The van der Waals surface area contributed by atoms with E-state index in [4.69, 9.17) is 56.2 Å². The fourth-order valence-corrected chi connectivity index (χ4v) is 13.6. The average Bonchev–Trinajstić information content (AvgIpc) is 0.799. The van der Waals surface area contributed by atoms with Crippen molar-refractivity contribution >= 4 is 645 Å². The first kappa shape index (κ1) is 182. The van der Waals surface area contributed by atoms with E-state index in [0.717, 1.165) is 64.1 Å². The normalized spacial score (nSPS) is 13.7. The molecule has 46 heteroatoms. The predicted octanol–water partition coefficient (Wildman–Crippen LogP) is 0.996. The molecule has 666 valence electrons. The third kappa shape index (κ3) is 87.5. The van der Waals surface area contributed by atoms with Crippen molar-refractivity contribution in [3.8, 4) is 0 Å². The average molecular weight is 2540 g/mol. The number of hydrogen-bond acceptors (Lipinski definition) is 13. The minimum absolute atomic E-state index is 0. The molecule has 11 rings (SSSR count). The molecule has 3 amide bonds. The molecule has 3 heterocycles. The molecule has 4 unspecified atom stereocenters. The molecule has 17 nitrogen and oxygen atoms in total. The van der Waals surface area contributed by atoms with Gasteiger partial charge in [0.25, 0.3) is 0 Å². The van der Waals surface area contributed by atoms with Gasteiger partial charge in [-0.2, -0.15) is 0 Å². The Balaban J connectivity index is -0.000000145. The Hall–Kier alpha value is 26.0. The van der Waals surface area contributed by atoms with Crippen molar-refractivity contribution in [2.45, 2.75) is 123 Å². The van der Waals surface area contributed by atoms with Gasteiger partial charge >= 0.3 is 758 Å². The second kappa shape index (κ2) is 115. The molecular weight excluding hydrogens is 2410 g/mol. The van der Waals surface area contributed by atoms with E-state index in [1.807, 2.05) is 121 Å². The number of halogens is 5. The van der Waals surface area contributed by atoms with Crippen LogP contribution in [0.2, 0.25) is 36.3 Å². The smallest absolute Gasteiger partial charge is 1.00 e. The number of nitrogens with two attached hydrogens (primary N) is 2. The quantitative estimate of drug-likeness (QED) is 0.0145. The Morgan fingerprint density at radius 1 is 0.433 bits per heavy atom. The van der Waals surface area contributed by atoms with Crippen molar-refractivity contribution in [2.75, 3.05) is 85.0 Å². The van der Waals surface area contributed by atoms with Crippen LogP contribution in [-0.4, -0.2) is 714 Å². The number of aliphatic hydroxyl groups is 1. The van der Waals surface area contributed by atoms with E-state index in [9.17, 15) is 41.8 Å². The number of hydrogen-bond donors (Lipinski definition) is 5. The molecule has 3 saturated heterocycles. The Bertz CT molecular complexity index is 4590. The van der Waals surface area contributed by atoms with Crippen molar-refractivity contribution in [1.29, 1.82) is 0 Å². The fourth-order valence-electron chi connectivity index (χ4n) is 11.4. The van der Waals surface area contributed by atoms with Crippen LogP contribution in [0.25, 0.3) is 24.3 Å². The standard InChI is InChI=1S/C23H30FNO2Si.C22H25FN2O3.C22H24FNO3.C14H24FNOSi.C9H8O2.C5H9ClO.21K.Na.4H/c1-23(2,3)28(4,5)27-17-21(19-12-14-20(24)15-13-19)25-22(26)16-11-18-9-7-6-8-10-18;1-22(15-27-16-22)14-25(21(26)12-7-17-5-3-2-4-6-17)20(13-28-24)18-8-10-19(23)11-9-18;1-22(15-27-16-22)14-24(20(13-25)18-8-10-19(23)11-9-18)21(26)12-7-17-5-3-2-4-6-17;1-14(2,3)18(4,5)17-10-13(16)11-6-8-12(15)9-7-11;10-9(11)7-6-8-4-2-1-3-5-8;1-5(2-6)3-7-4-5;;;;;;;;;;;;;;;;;;;;;;;;;;/h6-16,21H,17H2,1-5H3,(H,25,26);2-12,20H,13-16,24H2,1H3;2-12,20,25H,13-16H2,1H3;6-9,13H,10,16H2,1-5H3;1-7H,(H,10,11);2-4H2,1H3;;;;;;;;;;;;;;;;;;;;;;;;;;/q;;;;;;;;;;;;;;;;;;;;;;;;4*+1;4*-1/b16-11+;2*12-7+;;7-6+;;;;;;;;;;;;;;;;;;;;;;;;;;;. The number of amides is 3. The van der Waals surface area contributed by atoms with Crippen LogP contribution in [0.5, 0.6) is 0 Å². The molecule has 4 atom stereocenters. The number of carboxylic acids is 1. The van der Waals surface area contributed by atoms with E-state index >= 15 is 0 Å². The van der Waals surface area contributed by atoms with Gasteiger partial charge in [-0.25, -0.2) is 28.3 Å². The van der Waals surface area contributed by atoms with Gasteiger partial charge in [-0.15, -0.1) is 11.6 Å². The van der Waals surface area contributed by atoms with Gasteiger partial charge in [0.05, 0.1) is 90.2 Å². The van der Waals surface area contributed by atoms with Crippen LogP contribution < -0.4 is 201 Å². The molecule has 0 aliphatic carbocycles. The molecule has 8 aromatic carbocycles. The van der Waals surface area contributed by atoms with Crippen molar-refractivity contribution in [3.63, 3.8) is 0 Å². The van der Waals surface area contributed by atoms with Gasteiger partial charge in [0, 0.05) is 59.5 Å². The molecule has 0 radical (unpaired) electrons. The summed E-state index contributed by atoms with van der Waals surface area (Å²) in [4.78, 5) is 56.9. The van der Waals surface area contributed by atoms with Crippen molar-refractivity contribution in [3.05, 3.63) is 310 Å². The van der Waals surface area contributed by atoms with Gasteiger partial charge in [0.2, 0.25) is 17.7 Å². The monoisotopic (exact) mass is 2540 g/mol. The van der Waals surface area contributed by atoms with Crippen molar-refractivity contribution < 1.29 is 264 Å². The second-order valence-corrected chi connectivity index (χ2v) is 43.7. The molecular formula is C95H124ClF4K21N5NaO12Si2. The summed E-state index contributed by atoms with van der Waals surface area (Å²) in [7, 11) is -3.74. The van der Waals surface area contributed by atoms with Gasteiger partial charge in [-0.3, -0.25) is 14.4 Å². The second-order valence-electron chi connectivity index (χ2n) is 33.9. The molecule has 3 aliphatic rings. The third-order valence-corrected chi connectivity index (χ3v) is 30.6. The molecule has 3 fully saturated rings. The number of alkyl halides is 1. The summed E-state index contributed by atoms with van der Waals surface area (Å²) in [6.07, 6.45) is 12.6. The summed E-state index contributed by atoms with van der Waals surface area (Å²) in [6.45, 7) is 33.7. The first-order valence-corrected chi connectivity index (χ1v) is 199. The van der Waals surface area contributed by atoms with E-state index in [0.29, 0.717) is 63.7 Å². The van der Waals surface area contributed by atoms with Crippen molar-refractivity contribution in [1.82, 2.24) is 15.1 Å². The zero-order chi connectivity index (χ0) is 105. The number of rotatable bonds is 29. The summed E-state index contributed by atoms with van der Waals surface area (Å²) in [6, 6.07) is 61.0. The van der Waals surface area contributed by atoms with Gasteiger partial charge < -0.3 is 64.7 Å². The van der Waals surface area contributed by atoms with Crippen LogP contribution in [-0.2, 0) is 47.1 Å².